The Morgan fingerprint density at radius 2 is 0.883 bits per heavy atom. The molecule has 2 aliphatic carbocycles. The van der Waals surface area contributed by atoms with E-state index >= 15 is 0 Å². The number of para-hydroxylation sites is 1. The van der Waals surface area contributed by atoms with Gasteiger partial charge in [0.15, 0.2) is 23.0 Å². The summed E-state index contributed by atoms with van der Waals surface area (Å²) in [5.41, 5.74) is 14.7. The van der Waals surface area contributed by atoms with Crippen LogP contribution in [0.3, 0.4) is 0 Å². The van der Waals surface area contributed by atoms with E-state index in [1.807, 2.05) is 6.07 Å². The number of anilines is 3. The average molecular weight is 766 g/mol. The molecule has 13 rings (SSSR count). The molecule has 0 radical (unpaired) electrons. The standard InChI is InChI=1S/C57H35NO2/c1-2-16-36(17-3-1)38-32-34-50(43-24-7-6-21-40(38)43)58(49-29-14-19-37-18-4-5-20-39(37)49)51-30-15-31-52-55(51)60-56-53(59-52)35-33-48-54(56)44-25-10-13-28-47(44)57(48)45-26-11-8-22-41(45)42-23-9-12-27-46(42)57/h1-35H. The van der Waals surface area contributed by atoms with Crippen molar-refractivity contribution in [2.75, 3.05) is 4.90 Å². The Morgan fingerprint density at radius 1 is 0.317 bits per heavy atom. The van der Waals surface area contributed by atoms with Crippen LogP contribution >= 0.6 is 0 Å². The highest BCUT2D eigenvalue weighted by Crippen LogP contribution is 2.67. The van der Waals surface area contributed by atoms with Gasteiger partial charge < -0.3 is 14.4 Å². The van der Waals surface area contributed by atoms with Crippen molar-refractivity contribution >= 4 is 38.6 Å². The number of hydrogen-bond donors (Lipinski definition) is 0. The van der Waals surface area contributed by atoms with Gasteiger partial charge in [-0.3, -0.25) is 0 Å². The maximum absolute atomic E-state index is 7.46. The van der Waals surface area contributed by atoms with Crippen molar-refractivity contribution in [2.24, 2.45) is 0 Å². The third-order valence-electron chi connectivity index (χ3n) is 12.9. The van der Waals surface area contributed by atoms with Gasteiger partial charge in [-0.15, -0.1) is 0 Å². The van der Waals surface area contributed by atoms with E-state index in [1.54, 1.807) is 0 Å². The van der Waals surface area contributed by atoms with Crippen molar-refractivity contribution in [1.29, 1.82) is 0 Å². The molecule has 280 valence electrons. The first-order chi connectivity index (χ1) is 29.8. The minimum atomic E-state index is -0.494. The first-order valence-electron chi connectivity index (χ1n) is 20.6. The van der Waals surface area contributed by atoms with Crippen LogP contribution in [0, 0.1) is 0 Å². The normalized spacial score (nSPS) is 13.4. The molecule has 0 saturated carbocycles. The lowest BCUT2D eigenvalue weighted by Gasteiger charge is -2.33. The number of ether oxygens (including phenoxy) is 2. The van der Waals surface area contributed by atoms with Crippen LogP contribution in [0.2, 0.25) is 0 Å². The molecular weight excluding hydrogens is 731 g/mol. The second-order valence-electron chi connectivity index (χ2n) is 15.9. The summed E-state index contributed by atoms with van der Waals surface area (Å²) < 4.78 is 14.4. The number of hydrogen-bond acceptors (Lipinski definition) is 3. The Hall–Kier alpha value is -7.88. The molecule has 1 aliphatic heterocycles. The maximum Gasteiger partial charge on any atom is 0.194 e. The third kappa shape index (κ3) is 4.44. The van der Waals surface area contributed by atoms with E-state index < -0.39 is 5.41 Å². The molecule has 0 saturated heterocycles. The zero-order valence-electron chi connectivity index (χ0n) is 32.5. The van der Waals surface area contributed by atoms with Crippen LogP contribution in [-0.2, 0) is 5.41 Å². The molecule has 0 bridgehead atoms. The van der Waals surface area contributed by atoms with Gasteiger partial charge in [0, 0.05) is 16.3 Å². The Balaban J connectivity index is 1.06. The molecule has 10 aromatic rings. The minimum absolute atomic E-state index is 0.494. The van der Waals surface area contributed by atoms with E-state index in [0.717, 1.165) is 50.1 Å². The highest BCUT2D eigenvalue weighted by atomic mass is 16.6. The van der Waals surface area contributed by atoms with E-state index in [9.17, 15) is 0 Å². The fourth-order valence-electron chi connectivity index (χ4n) is 10.5. The molecule has 0 fully saturated rings. The summed E-state index contributed by atoms with van der Waals surface area (Å²) in [6.07, 6.45) is 0. The second-order valence-corrected chi connectivity index (χ2v) is 15.9. The van der Waals surface area contributed by atoms with Gasteiger partial charge in [-0.1, -0.05) is 182 Å². The van der Waals surface area contributed by atoms with Gasteiger partial charge in [0.25, 0.3) is 0 Å². The van der Waals surface area contributed by atoms with Gasteiger partial charge in [0.05, 0.1) is 22.5 Å². The van der Waals surface area contributed by atoms with Gasteiger partial charge in [-0.25, -0.2) is 0 Å². The van der Waals surface area contributed by atoms with Crippen molar-refractivity contribution in [3.8, 4) is 56.4 Å². The molecule has 1 heterocycles. The molecule has 1 spiro atoms. The number of rotatable bonds is 4. The first kappa shape index (κ1) is 33.1. The van der Waals surface area contributed by atoms with Crippen LogP contribution in [0.25, 0.3) is 54.9 Å². The van der Waals surface area contributed by atoms with E-state index in [1.165, 1.54) is 49.9 Å². The molecule has 3 heteroatoms. The summed E-state index contributed by atoms with van der Waals surface area (Å²) in [5.74, 6) is 2.79. The fourth-order valence-corrected chi connectivity index (χ4v) is 10.5. The lowest BCUT2D eigenvalue weighted by Crippen LogP contribution is -2.25. The maximum atomic E-state index is 7.46. The van der Waals surface area contributed by atoms with Crippen LogP contribution in [0.4, 0.5) is 17.1 Å². The topological polar surface area (TPSA) is 21.7 Å². The fraction of sp³-hybridized carbons (Fsp3) is 0.0175. The molecule has 0 amide bonds. The van der Waals surface area contributed by atoms with E-state index in [0.29, 0.717) is 17.2 Å². The molecule has 0 unspecified atom stereocenters. The second kappa shape index (κ2) is 12.6. The summed E-state index contributed by atoms with van der Waals surface area (Å²) in [4.78, 5) is 2.37. The van der Waals surface area contributed by atoms with E-state index in [2.05, 4.69) is 211 Å². The van der Waals surface area contributed by atoms with E-state index in [-0.39, 0.29) is 0 Å². The number of nitrogens with zero attached hydrogens (tertiary/aromatic N) is 1. The van der Waals surface area contributed by atoms with Crippen molar-refractivity contribution < 1.29 is 9.47 Å². The Bertz CT molecular complexity index is 3350. The molecule has 0 N–H and O–H groups in total. The quantitative estimate of drug-likeness (QED) is 0.178. The minimum Gasteiger partial charge on any atom is -0.449 e. The lowest BCUT2D eigenvalue weighted by molar-refractivity contribution is 0.361. The van der Waals surface area contributed by atoms with Gasteiger partial charge in [-0.05, 0) is 91.2 Å². The predicted octanol–water partition coefficient (Wildman–Crippen LogP) is 15.4. The van der Waals surface area contributed by atoms with Gasteiger partial charge in [0.1, 0.15) is 0 Å². The van der Waals surface area contributed by atoms with Crippen LogP contribution in [0.15, 0.2) is 212 Å². The predicted molar refractivity (Wildman–Crippen MR) is 244 cm³/mol. The summed E-state index contributed by atoms with van der Waals surface area (Å²) in [5, 5.41) is 4.61. The monoisotopic (exact) mass is 765 g/mol. The molecule has 60 heavy (non-hydrogen) atoms. The van der Waals surface area contributed by atoms with Crippen molar-refractivity contribution in [1.82, 2.24) is 0 Å². The Labute approximate surface area is 348 Å². The van der Waals surface area contributed by atoms with Crippen LogP contribution in [-0.4, -0.2) is 0 Å². The Kier molecular flexibility index (Phi) is 6.93. The molecule has 0 aromatic heterocycles. The van der Waals surface area contributed by atoms with Crippen molar-refractivity contribution in [3.05, 3.63) is 235 Å². The highest BCUT2D eigenvalue weighted by Gasteiger charge is 2.53. The zero-order valence-corrected chi connectivity index (χ0v) is 32.5. The highest BCUT2D eigenvalue weighted by molar-refractivity contribution is 6.09. The molecular formula is C57H35NO2. The zero-order chi connectivity index (χ0) is 39.4. The van der Waals surface area contributed by atoms with Crippen molar-refractivity contribution in [3.63, 3.8) is 0 Å². The summed E-state index contributed by atoms with van der Waals surface area (Å²) in [6, 6.07) is 76.3. The van der Waals surface area contributed by atoms with Gasteiger partial charge >= 0.3 is 0 Å². The lowest BCUT2D eigenvalue weighted by atomic mass is 9.70. The van der Waals surface area contributed by atoms with Gasteiger partial charge in [-0.2, -0.15) is 0 Å². The number of benzene rings is 10. The summed E-state index contributed by atoms with van der Waals surface area (Å²) >= 11 is 0. The van der Waals surface area contributed by atoms with E-state index in [4.69, 9.17) is 9.47 Å². The van der Waals surface area contributed by atoms with Crippen LogP contribution < -0.4 is 14.4 Å². The van der Waals surface area contributed by atoms with Crippen molar-refractivity contribution in [2.45, 2.75) is 5.41 Å². The smallest absolute Gasteiger partial charge is 0.194 e. The van der Waals surface area contributed by atoms with Crippen LogP contribution in [0.1, 0.15) is 22.3 Å². The first-order valence-corrected chi connectivity index (χ1v) is 20.6. The largest absolute Gasteiger partial charge is 0.449 e. The summed E-state index contributed by atoms with van der Waals surface area (Å²) in [7, 11) is 0. The van der Waals surface area contributed by atoms with Crippen LogP contribution in [0.5, 0.6) is 23.0 Å². The SMILES string of the molecule is c1ccc(-c2ccc(N(c3cccc4c3Oc3c(ccc5c3-c3ccccc3C53c5ccccc5-c5ccccc53)O4)c3cccc4ccccc34)c3ccccc23)cc1. The Morgan fingerprint density at radius 3 is 1.67 bits per heavy atom. The molecule has 3 nitrogen and oxygen atoms in total. The molecule has 3 aliphatic rings. The number of fused-ring (bicyclic) bond motifs is 15. The van der Waals surface area contributed by atoms with Gasteiger partial charge in [0.2, 0.25) is 0 Å². The molecule has 10 aromatic carbocycles. The summed E-state index contributed by atoms with van der Waals surface area (Å²) in [6.45, 7) is 0. The average Bonchev–Trinajstić information content (AvgIpc) is 3.79. The third-order valence-corrected chi connectivity index (χ3v) is 12.9. The molecule has 0 atom stereocenters.